The molecule has 0 aliphatic rings. The Morgan fingerprint density at radius 1 is 1.05 bits per heavy atom. The largest absolute Gasteiger partial charge is 0.465 e. The van der Waals surface area contributed by atoms with Crippen LogP contribution in [0.4, 0.5) is 0 Å². The van der Waals surface area contributed by atoms with Crippen molar-refractivity contribution in [1.82, 2.24) is 0 Å². The Bertz CT molecular complexity index is 423. The lowest BCUT2D eigenvalue weighted by atomic mass is 9.97. The number of benzene rings is 1. The highest BCUT2D eigenvalue weighted by molar-refractivity contribution is 5.77. The average Bonchev–Trinajstić information content (AvgIpc) is 2.50. The van der Waals surface area contributed by atoms with E-state index in [9.17, 15) is 4.79 Å². The van der Waals surface area contributed by atoms with Gasteiger partial charge in [0.15, 0.2) is 0 Å². The lowest BCUT2D eigenvalue weighted by Gasteiger charge is -2.13. The molecule has 22 heavy (non-hydrogen) atoms. The molecule has 0 aliphatic carbocycles. The van der Waals surface area contributed by atoms with Crippen molar-refractivity contribution in [2.24, 2.45) is 5.92 Å². The zero-order chi connectivity index (χ0) is 16.4. The van der Waals surface area contributed by atoms with E-state index in [1.165, 1.54) is 5.56 Å². The molecule has 0 bridgehead atoms. The molecular formula is C19H30O3. The molecule has 0 aromatic heterocycles. The zero-order valence-electron chi connectivity index (χ0n) is 14.2. The van der Waals surface area contributed by atoms with Gasteiger partial charge in [-0.2, -0.15) is 0 Å². The SMILES string of the molecule is CC(C)Cc1ccc(C(C)C(=O)OCCCCCCO)cc1. The van der Waals surface area contributed by atoms with E-state index in [0.717, 1.165) is 37.7 Å². The fourth-order valence-corrected chi connectivity index (χ4v) is 2.42. The summed E-state index contributed by atoms with van der Waals surface area (Å²) in [5.74, 6) is 0.267. The number of carbonyl (C=O) groups excluding carboxylic acids is 1. The Kier molecular flexibility index (Phi) is 8.83. The first-order valence-electron chi connectivity index (χ1n) is 8.41. The normalized spacial score (nSPS) is 12.4. The third-order valence-electron chi connectivity index (χ3n) is 3.77. The Morgan fingerprint density at radius 3 is 2.27 bits per heavy atom. The van der Waals surface area contributed by atoms with Crippen molar-refractivity contribution in [3.05, 3.63) is 35.4 Å². The molecule has 1 atom stereocenters. The molecule has 0 fully saturated rings. The fourth-order valence-electron chi connectivity index (χ4n) is 2.42. The van der Waals surface area contributed by atoms with Crippen molar-refractivity contribution in [3.63, 3.8) is 0 Å². The monoisotopic (exact) mass is 306 g/mol. The molecule has 0 saturated heterocycles. The first-order valence-corrected chi connectivity index (χ1v) is 8.41. The first kappa shape index (κ1) is 18.7. The third-order valence-corrected chi connectivity index (χ3v) is 3.77. The second-order valence-corrected chi connectivity index (χ2v) is 6.37. The van der Waals surface area contributed by atoms with Crippen LogP contribution in [0.1, 0.15) is 63.5 Å². The van der Waals surface area contributed by atoms with Gasteiger partial charge in [-0.05, 0) is 49.7 Å². The van der Waals surface area contributed by atoms with Gasteiger partial charge in [0.05, 0.1) is 12.5 Å². The number of esters is 1. The molecule has 0 amide bonds. The number of hydrogen-bond donors (Lipinski definition) is 1. The average molecular weight is 306 g/mol. The van der Waals surface area contributed by atoms with Crippen LogP contribution in [-0.4, -0.2) is 24.3 Å². The summed E-state index contributed by atoms with van der Waals surface area (Å²) >= 11 is 0. The van der Waals surface area contributed by atoms with Crippen LogP contribution in [-0.2, 0) is 16.0 Å². The minimum atomic E-state index is -0.217. The van der Waals surface area contributed by atoms with Crippen molar-refractivity contribution in [3.8, 4) is 0 Å². The van der Waals surface area contributed by atoms with Crippen molar-refractivity contribution < 1.29 is 14.6 Å². The first-order chi connectivity index (χ1) is 10.5. The third kappa shape index (κ3) is 7.08. The second kappa shape index (κ2) is 10.4. The van der Waals surface area contributed by atoms with Crippen molar-refractivity contribution in [1.29, 1.82) is 0 Å². The summed E-state index contributed by atoms with van der Waals surface area (Å²) in [7, 11) is 0. The van der Waals surface area contributed by atoms with Gasteiger partial charge in [-0.3, -0.25) is 4.79 Å². The number of carbonyl (C=O) groups is 1. The molecule has 0 heterocycles. The van der Waals surface area contributed by atoms with E-state index in [2.05, 4.69) is 26.0 Å². The van der Waals surface area contributed by atoms with Gasteiger partial charge in [-0.15, -0.1) is 0 Å². The van der Waals surface area contributed by atoms with E-state index in [4.69, 9.17) is 9.84 Å². The molecule has 124 valence electrons. The predicted octanol–water partition coefficient (Wildman–Crippen LogP) is 4.08. The molecule has 1 aromatic carbocycles. The van der Waals surface area contributed by atoms with E-state index in [1.54, 1.807) is 0 Å². The molecule has 3 nitrogen and oxygen atoms in total. The molecule has 0 saturated carbocycles. The van der Waals surface area contributed by atoms with Crippen LogP contribution in [0, 0.1) is 5.92 Å². The smallest absolute Gasteiger partial charge is 0.313 e. The number of unbranched alkanes of at least 4 members (excludes halogenated alkanes) is 3. The van der Waals surface area contributed by atoms with Gasteiger partial charge >= 0.3 is 5.97 Å². The molecule has 1 rings (SSSR count). The van der Waals surface area contributed by atoms with E-state index < -0.39 is 0 Å². The summed E-state index contributed by atoms with van der Waals surface area (Å²) in [6.45, 7) is 7.01. The van der Waals surface area contributed by atoms with Crippen LogP contribution in [0.2, 0.25) is 0 Å². The van der Waals surface area contributed by atoms with Gasteiger partial charge < -0.3 is 9.84 Å². The van der Waals surface area contributed by atoms with Gasteiger partial charge in [0.2, 0.25) is 0 Å². The highest BCUT2D eigenvalue weighted by Gasteiger charge is 2.16. The second-order valence-electron chi connectivity index (χ2n) is 6.37. The van der Waals surface area contributed by atoms with E-state index >= 15 is 0 Å². The molecular weight excluding hydrogens is 276 g/mol. The summed E-state index contributed by atoms with van der Waals surface area (Å²) in [5, 5.41) is 8.69. The maximum Gasteiger partial charge on any atom is 0.313 e. The van der Waals surface area contributed by atoms with E-state index in [0.29, 0.717) is 12.5 Å². The maximum absolute atomic E-state index is 12.0. The zero-order valence-corrected chi connectivity index (χ0v) is 14.2. The van der Waals surface area contributed by atoms with E-state index in [1.807, 2.05) is 19.1 Å². The number of aliphatic hydroxyl groups excluding tert-OH is 1. The van der Waals surface area contributed by atoms with Crippen LogP contribution < -0.4 is 0 Å². The molecule has 3 heteroatoms. The van der Waals surface area contributed by atoms with Gasteiger partial charge in [0.25, 0.3) is 0 Å². The van der Waals surface area contributed by atoms with Gasteiger partial charge in [0.1, 0.15) is 0 Å². The fraction of sp³-hybridized carbons (Fsp3) is 0.632. The number of hydrogen-bond acceptors (Lipinski definition) is 3. The summed E-state index contributed by atoms with van der Waals surface area (Å²) in [4.78, 5) is 12.0. The van der Waals surface area contributed by atoms with E-state index in [-0.39, 0.29) is 18.5 Å². The molecule has 1 N–H and O–H groups in total. The van der Waals surface area contributed by atoms with Crippen molar-refractivity contribution in [2.75, 3.05) is 13.2 Å². The summed E-state index contributed by atoms with van der Waals surface area (Å²) in [5.41, 5.74) is 2.32. The highest BCUT2D eigenvalue weighted by Crippen LogP contribution is 2.19. The van der Waals surface area contributed by atoms with Crippen LogP contribution in [0.5, 0.6) is 0 Å². The molecule has 0 radical (unpaired) electrons. The number of rotatable bonds is 10. The summed E-state index contributed by atoms with van der Waals surface area (Å²) in [6, 6.07) is 8.28. The van der Waals surface area contributed by atoms with Crippen LogP contribution >= 0.6 is 0 Å². The number of aliphatic hydroxyl groups is 1. The molecule has 1 aromatic rings. The lowest BCUT2D eigenvalue weighted by Crippen LogP contribution is -2.14. The Hall–Kier alpha value is -1.35. The summed E-state index contributed by atoms with van der Waals surface area (Å²) in [6.07, 6.45) is 4.73. The van der Waals surface area contributed by atoms with Crippen LogP contribution in [0.25, 0.3) is 0 Å². The predicted molar refractivity (Wildman–Crippen MR) is 89.9 cm³/mol. The van der Waals surface area contributed by atoms with Crippen LogP contribution in [0.3, 0.4) is 0 Å². The maximum atomic E-state index is 12.0. The molecule has 1 unspecified atom stereocenters. The quantitative estimate of drug-likeness (QED) is 0.523. The Balaban J connectivity index is 2.36. The topological polar surface area (TPSA) is 46.5 Å². The molecule has 0 spiro atoms. The lowest BCUT2D eigenvalue weighted by molar-refractivity contribution is -0.145. The van der Waals surface area contributed by atoms with Crippen LogP contribution in [0.15, 0.2) is 24.3 Å². The van der Waals surface area contributed by atoms with Gasteiger partial charge in [-0.1, -0.05) is 44.5 Å². The Morgan fingerprint density at radius 2 is 1.68 bits per heavy atom. The van der Waals surface area contributed by atoms with Crippen molar-refractivity contribution >= 4 is 5.97 Å². The molecule has 0 aliphatic heterocycles. The standard InChI is InChI=1S/C19H30O3/c1-15(2)14-17-8-10-18(11-9-17)16(3)19(21)22-13-7-5-4-6-12-20/h8-11,15-16,20H,4-7,12-14H2,1-3H3. The summed E-state index contributed by atoms with van der Waals surface area (Å²) < 4.78 is 5.33. The van der Waals surface area contributed by atoms with Crippen molar-refractivity contribution in [2.45, 2.75) is 58.8 Å². The van der Waals surface area contributed by atoms with Gasteiger partial charge in [0, 0.05) is 6.61 Å². The minimum absolute atomic E-state index is 0.154. The highest BCUT2D eigenvalue weighted by atomic mass is 16.5. The minimum Gasteiger partial charge on any atom is -0.465 e. The Labute approximate surface area is 134 Å². The van der Waals surface area contributed by atoms with Gasteiger partial charge in [-0.25, -0.2) is 0 Å². The number of ether oxygens (including phenoxy) is 1.